The van der Waals surface area contributed by atoms with Crippen molar-refractivity contribution in [3.8, 4) is 23.0 Å². The molecule has 0 aliphatic rings. The minimum absolute atomic E-state index is 0.220. The third-order valence-corrected chi connectivity index (χ3v) is 7.02. The van der Waals surface area contributed by atoms with Gasteiger partial charge in [-0.25, -0.2) is 5.43 Å². The maximum Gasteiger partial charge on any atom is 0.271 e. The minimum Gasteiger partial charge on any atom is -0.490 e. The van der Waals surface area contributed by atoms with Crippen LogP contribution in [0.4, 0.5) is 0 Å². The molecular formula is C32H29BrCl2N2O5. The zero-order valence-corrected chi connectivity index (χ0v) is 26.1. The van der Waals surface area contributed by atoms with Crippen LogP contribution in [0.15, 0.2) is 88.4 Å². The second-order valence-corrected chi connectivity index (χ2v) is 10.6. The van der Waals surface area contributed by atoms with Gasteiger partial charge in [0.15, 0.2) is 23.0 Å². The molecule has 4 rings (SSSR count). The van der Waals surface area contributed by atoms with Crippen LogP contribution in [0.1, 0.15) is 40.9 Å². The van der Waals surface area contributed by atoms with Crippen molar-refractivity contribution < 1.29 is 23.7 Å². The highest BCUT2D eigenvalue weighted by atomic mass is 79.9. The fraction of sp³-hybridized carbons (Fsp3) is 0.188. The molecule has 0 aliphatic heterocycles. The van der Waals surface area contributed by atoms with Gasteiger partial charge in [-0.1, -0.05) is 59.6 Å². The standard InChI is InChI=1S/C32H29BrCl2N2O5/c1-3-39-29-16-23(11-13-28(29)41-19-21-8-6-5-7-9-21)32(38)37-36-18-22-14-26(33)31(30(15-22)40-4-2)42-20-24-10-12-25(34)17-27(24)35/h5-18H,3-4,19-20H2,1-2H3,(H,37,38)/b36-18+. The van der Waals surface area contributed by atoms with E-state index in [2.05, 4.69) is 26.5 Å². The lowest BCUT2D eigenvalue weighted by Crippen LogP contribution is -2.17. The molecule has 0 unspecified atom stereocenters. The van der Waals surface area contributed by atoms with Gasteiger partial charge in [0.2, 0.25) is 0 Å². The number of hydrogen-bond acceptors (Lipinski definition) is 6. The van der Waals surface area contributed by atoms with E-state index in [1.165, 1.54) is 6.21 Å². The molecule has 1 N–H and O–H groups in total. The average molecular weight is 672 g/mol. The van der Waals surface area contributed by atoms with Gasteiger partial charge in [0, 0.05) is 21.2 Å². The highest BCUT2D eigenvalue weighted by Gasteiger charge is 2.14. The Morgan fingerprint density at radius 3 is 2.33 bits per heavy atom. The van der Waals surface area contributed by atoms with Crippen LogP contribution in [0, 0.1) is 0 Å². The van der Waals surface area contributed by atoms with Crippen molar-refractivity contribution in [1.29, 1.82) is 0 Å². The van der Waals surface area contributed by atoms with Gasteiger partial charge in [-0.15, -0.1) is 0 Å². The molecule has 10 heteroatoms. The third-order valence-electron chi connectivity index (χ3n) is 5.84. The van der Waals surface area contributed by atoms with E-state index in [-0.39, 0.29) is 6.61 Å². The van der Waals surface area contributed by atoms with Crippen molar-refractivity contribution in [2.24, 2.45) is 5.10 Å². The van der Waals surface area contributed by atoms with Gasteiger partial charge in [0.1, 0.15) is 13.2 Å². The lowest BCUT2D eigenvalue weighted by molar-refractivity contribution is 0.0954. The molecule has 0 aliphatic carbocycles. The Morgan fingerprint density at radius 2 is 1.60 bits per heavy atom. The maximum atomic E-state index is 12.8. The van der Waals surface area contributed by atoms with E-state index in [1.807, 2.05) is 56.3 Å². The lowest BCUT2D eigenvalue weighted by Gasteiger charge is -2.15. The lowest BCUT2D eigenvalue weighted by atomic mass is 10.2. The Hall–Kier alpha value is -3.72. The summed E-state index contributed by atoms with van der Waals surface area (Å²) in [7, 11) is 0. The quantitative estimate of drug-likeness (QED) is 0.114. The molecule has 4 aromatic carbocycles. The fourth-order valence-corrected chi connectivity index (χ4v) is 4.89. The Kier molecular flexibility index (Phi) is 11.5. The molecule has 0 saturated heterocycles. The summed E-state index contributed by atoms with van der Waals surface area (Å²) in [4.78, 5) is 12.8. The highest BCUT2D eigenvalue weighted by molar-refractivity contribution is 9.10. The molecule has 218 valence electrons. The van der Waals surface area contributed by atoms with Gasteiger partial charge in [-0.2, -0.15) is 5.10 Å². The fourth-order valence-electron chi connectivity index (χ4n) is 3.86. The largest absolute Gasteiger partial charge is 0.490 e. The van der Waals surface area contributed by atoms with Crippen molar-refractivity contribution in [3.05, 3.63) is 116 Å². The summed E-state index contributed by atoms with van der Waals surface area (Å²) in [6.45, 7) is 5.20. The predicted octanol–water partition coefficient (Wildman–Crippen LogP) is 8.48. The number of rotatable bonds is 13. The second kappa shape index (κ2) is 15.5. The summed E-state index contributed by atoms with van der Waals surface area (Å²) in [6, 6.07) is 23.6. The average Bonchev–Trinajstić information content (AvgIpc) is 2.98. The monoisotopic (exact) mass is 670 g/mol. The summed E-state index contributed by atoms with van der Waals surface area (Å²) in [5.41, 5.74) is 5.43. The van der Waals surface area contributed by atoms with Crippen LogP contribution in [0.2, 0.25) is 10.0 Å². The van der Waals surface area contributed by atoms with Crippen molar-refractivity contribution in [2.75, 3.05) is 13.2 Å². The first kappa shape index (κ1) is 31.2. The summed E-state index contributed by atoms with van der Waals surface area (Å²) in [5, 5.41) is 5.20. The van der Waals surface area contributed by atoms with Crippen LogP contribution in [-0.4, -0.2) is 25.3 Å². The summed E-state index contributed by atoms with van der Waals surface area (Å²) < 4.78 is 24.1. The van der Waals surface area contributed by atoms with Crippen LogP contribution in [-0.2, 0) is 13.2 Å². The SMILES string of the molecule is CCOc1cc(C(=O)N/N=C/c2cc(Br)c(OCc3ccc(Cl)cc3Cl)c(OCC)c2)ccc1OCc1ccccc1. The first-order chi connectivity index (χ1) is 20.4. The molecular weight excluding hydrogens is 643 g/mol. The number of ether oxygens (including phenoxy) is 4. The van der Waals surface area contributed by atoms with E-state index in [0.29, 0.717) is 68.5 Å². The molecule has 4 aromatic rings. The zero-order valence-electron chi connectivity index (χ0n) is 23.0. The normalized spacial score (nSPS) is 10.9. The molecule has 0 spiro atoms. The number of nitrogens with one attached hydrogen (secondary N) is 1. The Bertz CT molecular complexity index is 1550. The summed E-state index contributed by atoms with van der Waals surface area (Å²) >= 11 is 15.8. The van der Waals surface area contributed by atoms with Crippen LogP contribution in [0.5, 0.6) is 23.0 Å². The van der Waals surface area contributed by atoms with Crippen molar-refractivity contribution >= 4 is 51.3 Å². The number of benzene rings is 4. The van der Waals surface area contributed by atoms with E-state index in [1.54, 1.807) is 36.4 Å². The van der Waals surface area contributed by atoms with Crippen molar-refractivity contribution in [1.82, 2.24) is 5.43 Å². The van der Waals surface area contributed by atoms with Crippen LogP contribution >= 0.6 is 39.1 Å². The molecule has 0 radical (unpaired) electrons. The van der Waals surface area contributed by atoms with E-state index in [4.69, 9.17) is 42.1 Å². The molecule has 1 amide bonds. The highest BCUT2D eigenvalue weighted by Crippen LogP contribution is 2.37. The van der Waals surface area contributed by atoms with Gasteiger partial charge in [-0.3, -0.25) is 4.79 Å². The van der Waals surface area contributed by atoms with Gasteiger partial charge < -0.3 is 18.9 Å². The number of carbonyl (C=O) groups excluding carboxylic acids is 1. The molecule has 0 atom stereocenters. The minimum atomic E-state index is -0.397. The van der Waals surface area contributed by atoms with Gasteiger partial charge in [0.25, 0.3) is 5.91 Å². The van der Waals surface area contributed by atoms with Crippen LogP contribution in [0.3, 0.4) is 0 Å². The molecule has 0 heterocycles. The molecule has 0 bridgehead atoms. The topological polar surface area (TPSA) is 78.4 Å². The van der Waals surface area contributed by atoms with Gasteiger partial charge in [-0.05, 0) is 83.4 Å². The van der Waals surface area contributed by atoms with Crippen LogP contribution in [0.25, 0.3) is 0 Å². The van der Waals surface area contributed by atoms with Gasteiger partial charge >= 0.3 is 0 Å². The first-order valence-corrected chi connectivity index (χ1v) is 14.7. The molecule has 0 fully saturated rings. The van der Waals surface area contributed by atoms with Crippen molar-refractivity contribution in [3.63, 3.8) is 0 Å². The van der Waals surface area contributed by atoms with E-state index in [0.717, 1.165) is 11.1 Å². The second-order valence-electron chi connectivity index (χ2n) is 8.86. The van der Waals surface area contributed by atoms with Gasteiger partial charge in [0.05, 0.1) is 23.9 Å². The van der Waals surface area contributed by atoms with E-state index < -0.39 is 5.91 Å². The van der Waals surface area contributed by atoms with E-state index >= 15 is 0 Å². The summed E-state index contributed by atoms with van der Waals surface area (Å²) in [5.74, 6) is 1.66. The molecule has 0 aromatic heterocycles. The summed E-state index contributed by atoms with van der Waals surface area (Å²) in [6.07, 6.45) is 1.52. The predicted molar refractivity (Wildman–Crippen MR) is 170 cm³/mol. The number of nitrogens with zero attached hydrogens (tertiary/aromatic N) is 1. The van der Waals surface area contributed by atoms with E-state index in [9.17, 15) is 4.79 Å². The molecule has 0 saturated carbocycles. The molecule has 7 nitrogen and oxygen atoms in total. The number of amides is 1. The number of hydrazone groups is 1. The van der Waals surface area contributed by atoms with Crippen LogP contribution < -0.4 is 24.4 Å². The first-order valence-electron chi connectivity index (χ1n) is 13.2. The number of carbonyl (C=O) groups is 1. The Balaban J connectivity index is 1.43. The number of hydrogen-bond donors (Lipinski definition) is 1. The zero-order chi connectivity index (χ0) is 29.9. The Labute approximate surface area is 263 Å². The molecule has 42 heavy (non-hydrogen) atoms. The number of halogens is 3. The maximum absolute atomic E-state index is 12.8. The third kappa shape index (κ3) is 8.64. The smallest absolute Gasteiger partial charge is 0.271 e. The van der Waals surface area contributed by atoms with Crippen molar-refractivity contribution in [2.45, 2.75) is 27.1 Å². The Morgan fingerprint density at radius 1 is 0.833 bits per heavy atom.